The fraction of sp³-hybridized carbons (Fsp3) is 0.0909. The van der Waals surface area contributed by atoms with E-state index in [2.05, 4.69) is 235 Å². The third-order valence-corrected chi connectivity index (χ3v) is 14.0. The lowest BCUT2D eigenvalue weighted by atomic mass is 9.88. The molecule has 1 aliphatic heterocycles. The minimum Gasteiger partial charge on any atom is -0.333 e. The Morgan fingerprint density at radius 2 is 1.44 bits per heavy atom. The first-order chi connectivity index (χ1) is 34.4. The maximum absolute atomic E-state index is 4.28. The molecule has 4 heteroatoms. The number of nitrogens with zero attached hydrogens (tertiary/aromatic N) is 4. The number of hydrogen-bond donors (Lipinski definition) is 0. The number of aromatic nitrogens is 1. The third kappa shape index (κ3) is 7.92. The quantitative estimate of drug-likeness (QED) is 0.107. The van der Waals surface area contributed by atoms with Gasteiger partial charge >= 0.3 is 0 Å². The lowest BCUT2D eigenvalue weighted by Crippen LogP contribution is -2.28. The predicted molar refractivity (Wildman–Crippen MR) is 297 cm³/mol. The zero-order valence-corrected chi connectivity index (χ0v) is 39.6. The Kier molecular flexibility index (Phi) is 11.7. The van der Waals surface area contributed by atoms with Crippen molar-refractivity contribution in [2.45, 2.75) is 38.1 Å². The fourth-order valence-electron chi connectivity index (χ4n) is 10.7. The summed E-state index contributed by atoms with van der Waals surface area (Å²) in [7, 11) is 0. The van der Waals surface area contributed by atoms with Crippen LogP contribution in [0, 0.1) is 19.1 Å². The van der Waals surface area contributed by atoms with Gasteiger partial charge in [-0.25, -0.2) is 0 Å². The van der Waals surface area contributed by atoms with Crippen molar-refractivity contribution < 1.29 is 0 Å². The molecular formula is C66H54N4. The number of anilines is 6. The van der Waals surface area contributed by atoms with Crippen molar-refractivity contribution in [2.75, 3.05) is 14.7 Å². The summed E-state index contributed by atoms with van der Waals surface area (Å²) in [6.45, 7) is 18.7. The Morgan fingerprint density at radius 1 is 0.700 bits per heavy atom. The van der Waals surface area contributed by atoms with Crippen LogP contribution in [0.2, 0.25) is 0 Å². The molecular weight excluding hydrogens is 849 g/mol. The molecule has 2 atom stereocenters. The van der Waals surface area contributed by atoms with E-state index in [0.29, 0.717) is 0 Å². The SMILES string of the molecule is C=C/C=C(\C=C)N(C1=Cc2c(n(-c3ccc(C)cc3)c3ccc(C=C)cc23)CCC1)c1ccc(-c2ccc(N(c3ccccc3)c3ccc4c(c3)C3C=C(C=C)C=CC3N4c3cc#ccc3)cc2)cc1. The molecule has 1 aromatic heterocycles. The molecule has 4 nitrogen and oxygen atoms in total. The number of aryl methyl sites for hydroxylation is 1. The summed E-state index contributed by atoms with van der Waals surface area (Å²) in [5, 5.41) is 1.23. The van der Waals surface area contributed by atoms with Crippen LogP contribution >= 0.6 is 0 Å². The maximum Gasteiger partial charge on any atom is 0.0630 e. The molecule has 2 aliphatic carbocycles. The van der Waals surface area contributed by atoms with Gasteiger partial charge in [0.1, 0.15) is 0 Å². The van der Waals surface area contributed by atoms with Crippen LogP contribution in [-0.2, 0) is 6.42 Å². The lowest BCUT2D eigenvalue weighted by Gasteiger charge is -2.29. The van der Waals surface area contributed by atoms with Gasteiger partial charge < -0.3 is 19.3 Å². The van der Waals surface area contributed by atoms with Crippen LogP contribution < -0.4 is 14.7 Å². The largest absolute Gasteiger partial charge is 0.333 e. The normalized spacial score (nSPS) is 15.9. The average Bonchev–Trinajstić information content (AvgIpc) is 3.80. The van der Waals surface area contributed by atoms with E-state index in [-0.39, 0.29) is 12.0 Å². The van der Waals surface area contributed by atoms with Crippen molar-refractivity contribution in [3.63, 3.8) is 0 Å². The zero-order valence-electron chi connectivity index (χ0n) is 39.6. The van der Waals surface area contributed by atoms with Crippen LogP contribution in [0.4, 0.5) is 34.1 Å². The minimum atomic E-state index is 0.147. The molecule has 338 valence electrons. The first kappa shape index (κ1) is 43.8. The van der Waals surface area contributed by atoms with Gasteiger partial charge in [0.2, 0.25) is 0 Å². The minimum absolute atomic E-state index is 0.147. The second kappa shape index (κ2) is 18.7. The van der Waals surface area contributed by atoms with Crippen LogP contribution in [0.1, 0.15) is 46.7 Å². The molecule has 0 spiro atoms. The molecule has 70 heavy (non-hydrogen) atoms. The molecule has 0 saturated heterocycles. The number of hydrogen-bond acceptors (Lipinski definition) is 3. The molecule has 8 aromatic rings. The summed E-state index contributed by atoms with van der Waals surface area (Å²) in [6.07, 6.45) is 21.8. The molecule has 2 unspecified atom stereocenters. The van der Waals surface area contributed by atoms with E-state index < -0.39 is 0 Å². The monoisotopic (exact) mass is 902 g/mol. The third-order valence-electron chi connectivity index (χ3n) is 14.0. The predicted octanol–water partition coefficient (Wildman–Crippen LogP) is 17.0. The van der Waals surface area contributed by atoms with Crippen molar-refractivity contribution in [1.29, 1.82) is 0 Å². The smallest absolute Gasteiger partial charge is 0.0630 e. The first-order valence-electron chi connectivity index (χ1n) is 24.2. The maximum atomic E-state index is 4.28. The Balaban J connectivity index is 0.941. The Labute approximate surface area is 413 Å². The Hall–Kier alpha value is -8.78. The summed E-state index contributed by atoms with van der Waals surface area (Å²) in [4.78, 5) is 7.14. The molecule has 0 amide bonds. The summed E-state index contributed by atoms with van der Waals surface area (Å²) in [6, 6.07) is 63.5. The van der Waals surface area contributed by atoms with Gasteiger partial charge in [0.05, 0.1) is 17.2 Å². The highest BCUT2D eigenvalue weighted by molar-refractivity contribution is 5.95. The standard InChI is InChI=1S/C66H54N4/c1-6-17-51(9-4)67(57-22-16-23-63-61(44-57)59-42-47(7-2)27-40-65(59)70(63)56-32-24-46(5)25-33-56)54-34-28-49(29-35-54)50-30-36-55(37-31-50)68(52-18-12-10-13-19-52)58-38-41-66-62(45-58)60-43-48(8-3)26-39-64(60)69(66)53-20-14-11-15-21-53/h6-10,12-14,17-21,24-45,60,64H,1-4,16,22-23H2,5H3/b51-17+. The molecule has 0 saturated carbocycles. The summed E-state index contributed by atoms with van der Waals surface area (Å²) < 4.78 is 2.46. The first-order valence-corrected chi connectivity index (χ1v) is 24.2. The van der Waals surface area contributed by atoms with Crippen molar-refractivity contribution in [3.8, 4) is 16.8 Å². The van der Waals surface area contributed by atoms with Crippen LogP contribution in [0.3, 0.4) is 0 Å². The highest BCUT2D eigenvalue weighted by atomic mass is 15.2. The van der Waals surface area contributed by atoms with Gasteiger partial charge in [-0.1, -0.05) is 141 Å². The summed E-state index contributed by atoms with van der Waals surface area (Å²) >= 11 is 0. The van der Waals surface area contributed by atoms with Crippen molar-refractivity contribution >= 4 is 57.2 Å². The van der Waals surface area contributed by atoms with Crippen LogP contribution in [-0.4, -0.2) is 10.6 Å². The number of benzene rings is 6. The van der Waals surface area contributed by atoms with Gasteiger partial charge in [-0.05, 0) is 163 Å². The number of allylic oxidation sites excluding steroid dienone is 7. The summed E-state index contributed by atoms with van der Waals surface area (Å²) in [5.74, 6) is 0.165. The van der Waals surface area contributed by atoms with E-state index in [1.807, 2.05) is 42.5 Å². The Bertz CT molecular complexity index is 3420. The number of para-hydroxylation sites is 1. The van der Waals surface area contributed by atoms with E-state index in [4.69, 9.17) is 0 Å². The molecule has 2 heterocycles. The van der Waals surface area contributed by atoms with Gasteiger partial charge in [0.25, 0.3) is 0 Å². The van der Waals surface area contributed by atoms with E-state index in [9.17, 15) is 0 Å². The molecule has 7 aromatic carbocycles. The van der Waals surface area contributed by atoms with Gasteiger partial charge in [0, 0.05) is 74.1 Å². The zero-order chi connectivity index (χ0) is 47.7. The van der Waals surface area contributed by atoms with Crippen molar-refractivity contribution in [1.82, 2.24) is 4.57 Å². The van der Waals surface area contributed by atoms with Gasteiger partial charge in [-0.3, -0.25) is 0 Å². The van der Waals surface area contributed by atoms with Crippen molar-refractivity contribution in [2.24, 2.45) is 0 Å². The van der Waals surface area contributed by atoms with Crippen LogP contribution in [0.25, 0.3) is 39.9 Å². The molecule has 0 radical (unpaired) electrons. The molecule has 0 bridgehead atoms. The van der Waals surface area contributed by atoms with E-state index in [1.165, 1.54) is 50.4 Å². The average molecular weight is 903 g/mol. The second-order valence-electron chi connectivity index (χ2n) is 18.2. The highest BCUT2D eigenvalue weighted by Crippen LogP contribution is 2.51. The second-order valence-corrected chi connectivity index (χ2v) is 18.2. The van der Waals surface area contributed by atoms with Gasteiger partial charge in [-0.2, -0.15) is 0 Å². The van der Waals surface area contributed by atoms with Crippen molar-refractivity contribution in [3.05, 3.63) is 284 Å². The Morgan fingerprint density at radius 3 is 2.14 bits per heavy atom. The van der Waals surface area contributed by atoms with E-state index in [0.717, 1.165) is 75.7 Å². The van der Waals surface area contributed by atoms with E-state index >= 15 is 0 Å². The van der Waals surface area contributed by atoms with Crippen LogP contribution in [0.5, 0.6) is 0 Å². The molecule has 3 aliphatic rings. The molecule has 0 N–H and O–H groups in total. The topological polar surface area (TPSA) is 14.7 Å². The number of fused-ring (bicyclic) bond motifs is 6. The summed E-state index contributed by atoms with van der Waals surface area (Å²) in [5.41, 5.74) is 20.8. The highest BCUT2D eigenvalue weighted by Gasteiger charge is 2.38. The van der Waals surface area contributed by atoms with Gasteiger partial charge in [0.15, 0.2) is 0 Å². The fourth-order valence-corrected chi connectivity index (χ4v) is 10.7. The molecule has 0 fully saturated rings. The van der Waals surface area contributed by atoms with Gasteiger partial charge in [-0.15, -0.1) is 0 Å². The number of rotatable bonds is 13. The van der Waals surface area contributed by atoms with E-state index in [1.54, 1.807) is 0 Å². The van der Waals surface area contributed by atoms with Crippen LogP contribution in [0.15, 0.2) is 244 Å². The molecule has 11 rings (SSSR count). The lowest BCUT2D eigenvalue weighted by molar-refractivity contribution is 0.741.